The minimum atomic E-state index is -0.267. The number of nitrogens with one attached hydrogen (secondary N) is 2. The van der Waals surface area contributed by atoms with Crippen LogP contribution >= 0.6 is 0 Å². The number of halogens is 1. The van der Waals surface area contributed by atoms with Crippen LogP contribution in [0.2, 0.25) is 0 Å². The number of carbonyl (C=O) groups excluding carboxylic acids is 1. The van der Waals surface area contributed by atoms with Crippen molar-refractivity contribution in [3.8, 4) is 5.75 Å². The third-order valence-corrected chi connectivity index (χ3v) is 7.47. The highest BCUT2D eigenvalue weighted by atomic mass is 19.1. The predicted octanol–water partition coefficient (Wildman–Crippen LogP) is 5.90. The van der Waals surface area contributed by atoms with Gasteiger partial charge < -0.3 is 15.4 Å². The van der Waals surface area contributed by atoms with Crippen LogP contribution in [0.4, 0.5) is 21.6 Å². The van der Waals surface area contributed by atoms with Gasteiger partial charge in [-0.25, -0.2) is 14.4 Å². The van der Waals surface area contributed by atoms with Crippen LogP contribution in [0.3, 0.4) is 0 Å². The summed E-state index contributed by atoms with van der Waals surface area (Å²) in [6.45, 7) is 3.85. The zero-order valence-corrected chi connectivity index (χ0v) is 23.5. The molecule has 1 aliphatic heterocycles. The van der Waals surface area contributed by atoms with E-state index in [0.29, 0.717) is 35.9 Å². The first kappa shape index (κ1) is 27.3. The second kappa shape index (κ2) is 12.0. The number of rotatable bonds is 9. The van der Waals surface area contributed by atoms with E-state index in [9.17, 15) is 9.18 Å². The highest BCUT2D eigenvalue weighted by molar-refractivity contribution is 6.03. The Morgan fingerprint density at radius 1 is 1.17 bits per heavy atom. The van der Waals surface area contributed by atoms with Gasteiger partial charge in [0.25, 0.3) is 0 Å². The monoisotopic (exact) mass is 565 g/mol. The zero-order valence-electron chi connectivity index (χ0n) is 23.5. The molecular formula is C32H32FN7O2. The first-order valence-electron chi connectivity index (χ1n) is 14.0. The van der Waals surface area contributed by atoms with Crippen molar-refractivity contribution in [3.05, 3.63) is 90.7 Å². The van der Waals surface area contributed by atoms with Crippen molar-refractivity contribution in [2.24, 2.45) is 0 Å². The van der Waals surface area contributed by atoms with Gasteiger partial charge >= 0.3 is 0 Å². The maximum Gasteiger partial charge on any atom is 0.248 e. The van der Waals surface area contributed by atoms with Crippen molar-refractivity contribution >= 4 is 44.9 Å². The summed E-state index contributed by atoms with van der Waals surface area (Å²) in [5.41, 5.74) is 3.81. The fraction of sp³-hybridized carbons (Fsp3) is 0.250. The third-order valence-electron chi connectivity index (χ3n) is 7.47. The molecule has 0 saturated carbocycles. The lowest BCUT2D eigenvalue weighted by molar-refractivity contribution is -0.112. The molecule has 214 valence electrons. The Hall–Kier alpha value is -4.83. The van der Waals surface area contributed by atoms with Gasteiger partial charge in [0.2, 0.25) is 5.91 Å². The van der Waals surface area contributed by atoms with Gasteiger partial charge in [-0.1, -0.05) is 18.2 Å². The van der Waals surface area contributed by atoms with Crippen LogP contribution in [-0.4, -0.2) is 56.8 Å². The minimum absolute atomic E-state index is 0.220. The molecule has 0 aliphatic carbocycles. The number of hydrogen-bond donors (Lipinski definition) is 2. The van der Waals surface area contributed by atoms with Crippen molar-refractivity contribution in [2.75, 3.05) is 30.8 Å². The molecule has 42 heavy (non-hydrogen) atoms. The Bertz CT molecular complexity index is 1780. The van der Waals surface area contributed by atoms with Gasteiger partial charge in [-0.05, 0) is 75.3 Å². The summed E-state index contributed by atoms with van der Waals surface area (Å²) in [5.74, 6) is 0.648. The van der Waals surface area contributed by atoms with Crippen molar-refractivity contribution < 1.29 is 13.9 Å². The van der Waals surface area contributed by atoms with Gasteiger partial charge in [0, 0.05) is 34.6 Å². The van der Waals surface area contributed by atoms with E-state index in [0.717, 1.165) is 46.9 Å². The maximum atomic E-state index is 13.7. The van der Waals surface area contributed by atoms with Crippen molar-refractivity contribution in [2.45, 2.75) is 32.4 Å². The van der Waals surface area contributed by atoms with E-state index >= 15 is 0 Å². The number of likely N-dealkylation sites (N-methyl/N-ethyl adjacent to an activating group) is 1. The number of amides is 1. The van der Waals surface area contributed by atoms with Crippen LogP contribution in [0, 0.1) is 5.82 Å². The molecule has 1 fully saturated rings. The molecule has 0 bridgehead atoms. The Morgan fingerprint density at radius 3 is 2.88 bits per heavy atom. The first-order chi connectivity index (χ1) is 20.5. The van der Waals surface area contributed by atoms with E-state index in [4.69, 9.17) is 4.74 Å². The van der Waals surface area contributed by atoms with Crippen LogP contribution in [0.25, 0.3) is 21.8 Å². The average molecular weight is 566 g/mol. The molecular weight excluding hydrogens is 533 g/mol. The predicted molar refractivity (Wildman–Crippen MR) is 163 cm³/mol. The van der Waals surface area contributed by atoms with Gasteiger partial charge in [0.15, 0.2) is 0 Å². The first-order valence-corrected chi connectivity index (χ1v) is 14.0. The summed E-state index contributed by atoms with van der Waals surface area (Å²) in [4.78, 5) is 24.0. The average Bonchev–Trinajstić information content (AvgIpc) is 3.57. The fourth-order valence-electron chi connectivity index (χ4n) is 5.34. The minimum Gasteiger partial charge on any atom is -0.492 e. The highest BCUT2D eigenvalue weighted by Gasteiger charge is 2.18. The molecule has 0 spiro atoms. The molecule has 1 aliphatic rings. The molecule has 5 aromatic rings. The molecule has 3 heterocycles. The van der Waals surface area contributed by atoms with Crippen molar-refractivity contribution in [1.29, 1.82) is 0 Å². The molecule has 1 amide bonds. The van der Waals surface area contributed by atoms with Crippen LogP contribution in [0.15, 0.2) is 79.3 Å². The van der Waals surface area contributed by atoms with Crippen LogP contribution < -0.4 is 15.4 Å². The van der Waals surface area contributed by atoms with Gasteiger partial charge in [-0.15, -0.1) is 0 Å². The Morgan fingerprint density at radius 2 is 2.07 bits per heavy atom. The number of nitrogens with zero attached hydrogens (tertiary/aromatic N) is 5. The molecule has 1 atom stereocenters. The summed E-state index contributed by atoms with van der Waals surface area (Å²) in [6, 6.07) is 16.4. The van der Waals surface area contributed by atoms with Crippen LogP contribution in [0.5, 0.6) is 5.75 Å². The molecule has 1 saturated heterocycles. The maximum absolute atomic E-state index is 13.7. The molecule has 3 aromatic carbocycles. The summed E-state index contributed by atoms with van der Waals surface area (Å²) in [6.07, 6.45) is 9.01. The topological polar surface area (TPSA) is 97.2 Å². The van der Waals surface area contributed by atoms with E-state index < -0.39 is 0 Å². The summed E-state index contributed by atoms with van der Waals surface area (Å²) >= 11 is 0. The van der Waals surface area contributed by atoms with Gasteiger partial charge in [-0.3, -0.25) is 14.4 Å². The number of anilines is 3. The highest BCUT2D eigenvalue weighted by Crippen LogP contribution is 2.34. The number of likely N-dealkylation sites (tertiary alicyclic amines) is 1. The smallest absolute Gasteiger partial charge is 0.248 e. The second-order valence-electron chi connectivity index (χ2n) is 10.4. The van der Waals surface area contributed by atoms with E-state index in [2.05, 4.69) is 37.6 Å². The Labute approximate surface area is 243 Å². The van der Waals surface area contributed by atoms with Crippen LogP contribution in [0.1, 0.15) is 25.3 Å². The SMILES string of the molecule is CCOc1cc2ncnc(Nc3ccc4c(cnn4Cc4cccc(F)c4)c3)c2cc1NC(=O)/C=C/C1CCCN1C. The molecule has 1 unspecified atom stereocenters. The molecule has 2 N–H and O–H groups in total. The Kier molecular flexibility index (Phi) is 7.78. The third kappa shape index (κ3) is 5.94. The number of hydrogen-bond acceptors (Lipinski definition) is 7. The lowest BCUT2D eigenvalue weighted by atomic mass is 10.1. The van der Waals surface area contributed by atoms with Crippen molar-refractivity contribution in [3.63, 3.8) is 0 Å². The molecule has 10 heteroatoms. The number of benzene rings is 3. The quantitative estimate of drug-likeness (QED) is 0.215. The standard InChI is InChI=1S/C32H32FN7O2/c1-3-42-30-17-27-26(16-28(30)38-31(41)12-10-25-8-5-13-39(25)2)32(35-20-34-27)37-24-9-11-29-22(15-24)18-36-40(29)19-21-6-4-7-23(33)14-21/h4,6-7,9-12,14-18,20,25H,3,5,8,13,19H2,1-2H3,(H,38,41)(H,34,35,37)/b12-10+. The van der Waals surface area contributed by atoms with Crippen molar-refractivity contribution in [1.82, 2.24) is 24.6 Å². The number of ether oxygens (including phenoxy) is 1. The van der Waals surface area contributed by atoms with Gasteiger partial charge in [0.1, 0.15) is 23.7 Å². The normalized spacial score (nSPS) is 15.5. The zero-order chi connectivity index (χ0) is 29.1. The number of fused-ring (bicyclic) bond motifs is 2. The van der Waals surface area contributed by atoms with Gasteiger partial charge in [0.05, 0.1) is 36.1 Å². The fourth-order valence-corrected chi connectivity index (χ4v) is 5.34. The van der Waals surface area contributed by atoms with E-state index in [1.807, 2.05) is 54.1 Å². The summed E-state index contributed by atoms with van der Waals surface area (Å²) in [5, 5.41) is 12.5. The lowest BCUT2D eigenvalue weighted by Gasteiger charge is -2.15. The Balaban J connectivity index is 1.26. The lowest BCUT2D eigenvalue weighted by Crippen LogP contribution is -2.23. The number of aromatic nitrogens is 4. The molecule has 0 radical (unpaired) electrons. The number of carbonyl (C=O) groups is 1. The van der Waals surface area contributed by atoms with E-state index in [1.165, 1.54) is 18.5 Å². The van der Waals surface area contributed by atoms with E-state index in [1.54, 1.807) is 18.3 Å². The largest absolute Gasteiger partial charge is 0.492 e. The van der Waals surface area contributed by atoms with Crippen LogP contribution in [-0.2, 0) is 11.3 Å². The van der Waals surface area contributed by atoms with E-state index in [-0.39, 0.29) is 17.8 Å². The molecule has 2 aromatic heterocycles. The molecule has 6 rings (SSSR count). The second-order valence-corrected chi connectivity index (χ2v) is 10.4. The summed E-state index contributed by atoms with van der Waals surface area (Å²) < 4.78 is 21.3. The molecule has 9 nitrogen and oxygen atoms in total. The summed E-state index contributed by atoms with van der Waals surface area (Å²) in [7, 11) is 2.07. The van der Waals surface area contributed by atoms with Gasteiger partial charge in [-0.2, -0.15) is 5.10 Å².